The van der Waals surface area contributed by atoms with Crippen LogP contribution in [0.25, 0.3) is 0 Å². The maximum atomic E-state index is 14.2. The molecule has 0 unspecified atom stereocenters. The second-order valence-corrected chi connectivity index (χ2v) is 12.0. The Morgan fingerprint density at radius 1 is 0.923 bits per heavy atom. The molecule has 1 saturated carbocycles. The molecule has 5 rings (SSSR count). The molecule has 0 aromatic heterocycles. The Kier molecular flexibility index (Phi) is 8.11. The Morgan fingerprint density at radius 3 is 2.28 bits per heavy atom. The molecule has 3 aromatic carbocycles. The van der Waals surface area contributed by atoms with Crippen molar-refractivity contribution < 1.29 is 22.8 Å². The molecule has 1 heterocycles. The number of hydroxylamine groups is 1. The van der Waals surface area contributed by atoms with Gasteiger partial charge in [-0.15, -0.1) is 0 Å². The first-order valence-electron chi connectivity index (χ1n) is 13.2. The van der Waals surface area contributed by atoms with E-state index in [4.69, 9.17) is 4.84 Å². The number of carbonyl (C=O) groups is 2. The molecule has 1 aliphatic heterocycles. The van der Waals surface area contributed by atoms with Crippen molar-refractivity contribution >= 4 is 21.8 Å². The number of benzene rings is 3. The molecule has 204 valence electrons. The highest BCUT2D eigenvalue weighted by Gasteiger charge is 2.48. The van der Waals surface area contributed by atoms with Gasteiger partial charge in [-0.05, 0) is 35.6 Å². The molecule has 2 aliphatic rings. The summed E-state index contributed by atoms with van der Waals surface area (Å²) in [7, 11) is -3.51. The zero-order valence-corrected chi connectivity index (χ0v) is 22.6. The van der Waals surface area contributed by atoms with Crippen molar-refractivity contribution in [2.45, 2.75) is 56.3 Å². The summed E-state index contributed by atoms with van der Waals surface area (Å²) in [5.74, 6) is -1.34. The Labute approximate surface area is 229 Å². The number of nitrogens with one attached hydrogen (secondary N) is 2. The highest BCUT2D eigenvalue weighted by Crippen LogP contribution is 2.45. The summed E-state index contributed by atoms with van der Waals surface area (Å²) in [5, 5.41) is 0. The Morgan fingerprint density at radius 2 is 1.56 bits per heavy atom. The number of amides is 2. The molecule has 1 fully saturated rings. The molecule has 39 heavy (non-hydrogen) atoms. The lowest BCUT2D eigenvalue weighted by atomic mass is 9.76. The van der Waals surface area contributed by atoms with E-state index in [-0.39, 0.29) is 18.4 Å². The van der Waals surface area contributed by atoms with E-state index in [0.29, 0.717) is 24.0 Å². The van der Waals surface area contributed by atoms with Crippen molar-refractivity contribution in [3.63, 3.8) is 0 Å². The standard InChI is InChI=1S/C30H33N3O5S/c1-39(36,37)32-25-18-10-11-19-26(25)33-28(22-14-6-3-7-15-22)27(23-16-8-9-17-24(23)30(33)35)29(34)31-38-20-21-12-4-2-5-13-21/h2-9,12-17,25-28,32H,10-11,18-20H2,1H3,(H,31,34)/t25-,26-,27+,28-/m0/s1. The molecule has 2 amide bonds. The number of carbonyl (C=O) groups excluding carboxylic acids is 2. The van der Waals surface area contributed by atoms with Crippen LogP contribution in [-0.4, -0.2) is 43.5 Å². The van der Waals surface area contributed by atoms with Crippen LogP contribution in [0.4, 0.5) is 0 Å². The molecule has 0 radical (unpaired) electrons. The van der Waals surface area contributed by atoms with Gasteiger partial charge in [-0.1, -0.05) is 91.7 Å². The summed E-state index contributed by atoms with van der Waals surface area (Å²) in [4.78, 5) is 35.4. The molecule has 0 bridgehead atoms. The number of nitrogens with zero attached hydrogens (tertiary/aromatic N) is 1. The van der Waals surface area contributed by atoms with E-state index < -0.39 is 34.1 Å². The molecule has 8 nitrogen and oxygen atoms in total. The minimum absolute atomic E-state index is 0.197. The van der Waals surface area contributed by atoms with Crippen LogP contribution in [0.1, 0.15) is 64.7 Å². The van der Waals surface area contributed by atoms with E-state index in [9.17, 15) is 18.0 Å². The fraction of sp³-hybridized carbons (Fsp3) is 0.333. The maximum Gasteiger partial charge on any atom is 0.255 e. The van der Waals surface area contributed by atoms with Crippen LogP contribution in [0.5, 0.6) is 0 Å². The summed E-state index contributed by atoms with van der Waals surface area (Å²) >= 11 is 0. The van der Waals surface area contributed by atoms with Gasteiger partial charge in [0.05, 0.1) is 24.8 Å². The maximum absolute atomic E-state index is 14.2. The predicted molar refractivity (Wildman–Crippen MR) is 148 cm³/mol. The van der Waals surface area contributed by atoms with Crippen molar-refractivity contribution in [2.24, 2.45) is 0 Å². The first-order chi connectivity index (χ1) is 18.8. The van der Waals surface area contributed by atoms with Gasteiger partial charge < -0.3 is 4.90 Å². The summed E-state index contributed by atoms with van der Waals surface area (Å²) < 4.78 is 27.3. The molecule has 0 saturated heterocycles. The zero-order chi connectivity index (χ0) is 27.4. The summed E-state index contributed by atoms with van der Waals surface area (Å²) in [6, 6.07) is 24.6. The highest BCUT2D eigenvalue weighted by atomic mass is 32.2. The molecule has 1 aliphatic carbocycles. The van der Waals surface area contributed by atoms with E-state index in [1.807, 2.05) is 72.8 Å². The van der Waals surface area contributed by atoms with Crippen molar-refractivity contribution in [3.8, 4) is 0 Å². The number of hydrogen-bond donors (Lipinski definition) is 2. The molecule has 3 aromatic rings. The van der Waals surface area contributed by atoms with Crippen LogP contribution in [0.3, 0.4) is 0 Å². The molecule has 0 spiro atoms. The van der Waals surface area contributed by atoms with Crippen molar-refractivity contribution in [3.05, 3.63) is 107 Å². The van der Waals surface area contributed by atoms with Crippen molar-refractivity contribution in [2.75, 3.05) is 6.26 Å². The third kappa shape index (κ3) is 6.06. The van der Waals surface area contributed by atoms with Gasteiger partial charge in [0.15, 0.2) is 0 Å². The first kappa shape index (κ1) is 27.1. The third-order valence-electron chi connectivity index (χ3n) is 7.51. The molecular formula is C30H33N3O5S. The largest absolute Gasteiger partial charge is 0.326 e. The van der Waals surface area contributed by atoms with Crippen LogP contribution in [0.15, 0.2) is 84.9 Å². The topological polar surface area (TPSA) is 105 Å². The van der Waals surface area contributed by atoms with Crippen LogP contribution >= 0.6 is 0 Å². The SMILES string of the molecule is CS(=O)(=O)N[C@H]1CCCC[C@@H]1N1C(=O)c2ccccc2[C@@H](C(=O)NOCc2ccccc2)[C@@H]1c1ccccc1. The fourth-order valence-electron chi connectivity index (χ4n) is 5.89. The summed E-state index contributed by atoms with van der Waals surface area (Å²) in [6.45, 7) is 0.197. The second kappa shape index (κ2) is 11.7. The normalized spacial score (nSPS) is 23.2. The van der Waals surface area contributed by atoms with Gasteiger partial charge in [0.1, 0.15) is 0 Å². The van der Waals surface area contributed by atoms with E-state index in [1.54, 1.807) is 17.0 Å². The number of sulfonamides is 1. The lowest BCUT2D eigenvalue weighted by molar-refractivity contribution is -0.138. The van der Waals surface area contributed by atoms with Crippen molar-refractivity contribution in [1.29, 1.82) is 0 Å². The summed E-state index contributed by atoms with van der Waals surface area (Å²) in [6.07, 6.45) is 4.10. The Hall–Kier alpha value is -3.53. The van der Waals surface area contributed by atoms with Crippen LogP contribution < -0.4 is 10.2 Å². The Bertz CT molecular complexity index is 1410. The zero-order valence-electron chi connectivity index (χ0n) is 21.8. The van der Waals surface area contributed by atoms with E-state index in [2.05, 4.69) is 10.2 Å². The molecule has 2 N–H and O–H groups in total. The number of hydrogen-bond acceptors (Lipinski definition) is 5. The minimum atomic E-state index is -3.51. The average molecular weight is 548 g/mol. The second-order valence-electron chi connectivity index (χ2n) is 10.2. The number of fused-ring (bicyclic) bond motifs is 1. The van der Waals surface area contributed by atoms with Gasteiger partial charge in [0, 0.05) is 17.6 Å². The third-order valence-corrected chi connectivity index (χ3v) is 8.24. The van der Waals surface area contributed by atoms with Crippen molar-refractivity contribution in [1.82, 2.24) is 15.1 Å². The quantitative estimate of drug-likeness (QED) is 0.414. The highest BCUT2D eigenvalue weighted by molar-refractivity contribution is 7.88. The predicted octanol–water partition coefficient (Wildman–Crippen LogP) is 4.08. The number of rotatable bonds is 8. The van der Waals surface area contributed by atoms with E-state index in [0.717, 1.165) is 30.2 Å². The van der Waals surface area contributed by atoms with Gasteiger partial charge in [-0.3, -0.25) is 14.4 Å². The van der Waals surface area contributed by atoms with Gasteiger partial charge in [-0.2, -0.15) is 0 Å². The average Bonchev–Trinajstić information content (AvgIpc) is 2.94. The smallest absolute Gasteiger partial charge is 0.255 e. The van der Waals surface area contributed by atoms with Gasteiger partial charge in [-0.25, -0.2) is 18.6 Å². The monoisotopic (exact) mass is 547 g/mol. The van der Waals surface area contributed by atoms with E-state index in [1.165, 1.54) is 0 Å². The lowest BCUT2D eigenvalue weighted by Crippen LogP contribution is -2.59. The van der Waals surface area contributed by atoms with Crippen LogP contribution in [-0.2, 0) is 26.3 Å². The minimum Gasteiger partial charge on any atom is -0.326 e. The fourth-order valence-corrected chi connectivity index (χ4v) is 6.71. The Balaban J connectivity index is 1.55. The summed E-state index contributed by atoms with van der Waals surface area (Å²) in [5.41, 5.74) is 5.41. The molecular weight excluding hydrogens is 514 g/mol. The molecule has 4 atom stereocenters. The van der Waals surface area contributed by atoms with Gasteiger partial charge in [0.25, 0.3) is 11.8 Å². The lowest BCUT2D eigenvalue weighted by Gasteiger charge is -2.49. The van der Waals surface area contributed by atoms with E-state index >= 15 is 0 Å². The van der Waals surface area contributed by atoms with Gasteiger partial charge >= 0.3 is 0 Å². The van der Waals surface area contributed by atoms with Crippen LogP contribution in [0.2, 0.25) is 0 Å². The van der Waals surface area contributed by atoms with Gasteiger partial charge in [0.2, 0.25) is 10.0 Å². The molecule has 9 heteroatoms. The first-order valence-corrected chi connectivity index (χ1v) is 15.1. The van der Waals surface area contributed by atoms with Crippen LogP contribution in [0, 0.1) is 0 Å².